The lowest BCUT2D eigenvalue weighted by atomic mass is 10.0. The van der Waals surface area contributed by atoms with Crippen molar-refractivity contribution >= 4 is 5.97 Å². The zero-order chi connectivity index (χ0) is 8.48. The molecule has 1 aromatic heterocycles. The van der Waals surface area contributed by atoms with Gasteiger partial charge in [-0.05, 0) is 13.0 Å². The van der Waals surface area contributed by atoms with Crippen molar-refractivity contribution in [3.63, 3.8) is 0 Å². The molecule has 1 heterocycles. The van der Waals surface area contributed by atoms with E-state index >= 15 is 0 Å². The minimum atomic E-state index is -1.38. The average Bonchev–Trinajstić information content (AvgIpc) is 2.37. The number of aromatic nitrogens is 2. The molecule has 0 aliphatic rings. The normalized spacial score (nSPS) is 15.8. The Kier molecular flexibility index (Phi) is 1.66. The first-order chi connectivity index (χ1) is 5.05. The van der Waals surface area contributed by atoms with Gasteiger partial charge < -0.3 is 10.8 Å². The second-order valence-electron chi connectivity index (χ2n) is 2.48. The second-order valence-corrected chi connectivity index (χ2v) is 2.48. The van der Waals surface area contributed by atoms with Gasteiger partial charge in [-0.25, -0.2) is 4.79 Å². The number of hydrogen-bond acceptors (Lipinski definition) is 3. The van der Waals surface area contributed by atoms with E-state index in [0.29, 0.717) is 5.69 Å². The lowest BCUT2D eigenvalue weighted by Crippen LogP contribution is -2.42. The monoisotopic (exact) mass is 155 g/mol. The standard InChI is InChI=1S/C6H9N3O2/c1-6(7,5(10)11)4-2-3-8-9-4/h2-3H,7H2,1H3,(H,8,9)(H,10,11)/t6-/m1/s1. The molecule has 0 radical (unpaired) electrons. The van der Waals surface area contributed by atoms with E-state index in [1.807, 2.05) is 0 Å². The Morgan fingerprint density at radius 3 is 2.91 bits per heavy atom. The van der Waals surface area contributed by atoms with Crippen LogP contribution < -0.4 is 5.73 Å². The SMILES string of the molecule is C[C@](N)(C(=O)O)c1ccn[nH]1. The number of carboxylic acid groups (broad SMARTS) is 1. The van der Waals surface area contributed by atoms with E-state index in [1.165, 1.54) is 19.2 Å². The number of carbonyl (C=O) groups is 1. The second kappa shape index (κ2) is 2.35. The molecule has 0 amide bonds. The van der Waals surface area contributed by atoms with Crippen molar-refractivity contribution in [2.24, 2.45) is 5.73 Å². The fourth-order valence-electron chi connectivity index (χ4n) is 0.660. The van der Waals surface area contributed by atoms with Crippen LogP contribution in [-0.2, 0) is 10.3 Å². The maximum absolute atomic E-state index is 10.5. The molecular weight excluding hydrogens is 146 g/mol. The van der Waals surface area contributed by atoms with Crippen molar-refractivity contribution in [1.29, 1.82) is 0 Å². The Balaban J connectivity index is 3.00. The summed E-state index contributed by atoms with van der Waals surface area (Å²) in [4.78, 5) is 10.5. The summed E-state index contributed by atoms with van der Waals surface area (Å²) in [5.74, 6) is -1.08. The number of hydrogen-bond donors (Lipinski definition) is 3. The van der Waals surface area contributed by atoms with Gasteiger partial charge in [0.1, 0.15) is 0 Å². The van der Waals surface area contributed by atoms with Gasteiger partial charge in [-0.1, -0.05) is 0 Å². The summed E-state index contributed by atoms with van der Waals surface area (Å²) >= 11 is 0. The van der Waals surface area contributed by atoms with E-state index in [1.54, 1.807) is 0 Å². The van der Waals surface area contributed by atoms with Gasteiger partial charge in [0, 0.05) is 6.20 Å². The molecule has 4 N–H and O–H groups in total. The number of nitrogens with zero attached hydrogens (tertiary/aromatic N) is 1. The van der Waals surface area contributed by atoms with Crippen LogP contribution in [0.3, 0.4) is 0 Å². The molecular formula is C6H9N3O2. The lowest BCUT2D eigenvalue weighted by molar-refractivity contribution is -0.143. The molecule has 5 nitrogen and oxygen atoms in total. The van der Waals surface area contributed by atoms with Gasteiger partial charge in [0.2, 0.25) is 0 Å². The zero-order valence-corrected chi connectivity index (χ0v) is 6.03. The summed E-state index contributed by atoms with van der Waals surface area (Å²) in [5, 5.41) is 14.7. The highest BCUT2D eigenvalue weighted by Crippen LogP contribution is 2.13. The predicted molar refractivity (Wildman–Crippen MR) is 37.8 cm³/mol. The van der Waals surface area contributed by atoms with E-state index in [2.05, 4.69) is 10.2 Å². The molecule has 1 rings (SSSR count). The molecule has 0 fully saturated rings. The molecule has 11 heavy (non-hydrogen) atoms. The number of nitrogens with one attached hydrogen (secondary N) is 1. The Morgan fingerprint density at radius 1 is 1.91 bits per heavy atom. The summed E-state index contributed by atoms with van der Waals surface area (Å²) in [6, 6.07) is 1.54. The first-order valence-corrected chi connectivity index (χ1v) is 3.07. The lowest BCUT2D eigenvalue weighted by Gasteiger charge is -2.15. The molecule has 0 aromatic carbocycles. The summed E-state index contributed by atoms with van der Waals surface area (Å²) < 4.78 is 0. The van der Waals surface area contributed by atoms with Crippen LogP contribution in [0.25, 0.3) is 0 Å². The van der Waals surface area contributed by atoms with Gasteiger partial charge >= 0.3 is 5.97 Å². The van der Waals surface area contributed by atoms with Crippen LogP contribution in [-0.4, -0.2) is 21.3 Å². The van der Waals surface area contributed by atoms with E-state index in [9.17, 15) is 4.79 Å². The van der Waals surface area contributed by atoms with Crippen LogP contribution in [0.5, 0.6) is 0 Å². The fourth-order valence-corrected chi connectivity index (χ4v) is 0.660. The zero-order valence-electron chi connectivity index (χ0n) is 6.03. The van der Waals surface area contributed by atoms with Gasteiger partial charge in [-0.2, -0.15) is 5.10 Å². The smallest absolute Gasteiger partial charge is 0.329 e. The number of rotatable bonds is 2. The average molecular weight is 155 g/mol. The molecule has 0 spiro atoms. The molecule has 1 aromatic rings. The van der Waals surface area contributed by atoms with Crippen LogP contribution in [0.1, 0.15) is 12.6 Å². The van der Waals surface area contributed by atoms with E-state index in [4.69, 9.17) is 10.8 Å². The number of aromatic amines is 1. The maximum Gasteiger partial charge on any atom is 0.329 e. The number of H-pyrrole nitrogens is 1. The van der Waals surface area contributed by atoms with Gasteiger partial charge in [0.05, 0.1) is 5.69 Å². The van der Waals surface area contributed by atoms with Gasteiger partial charge in [-0.3, -0.25) is 5.10 Å². The van der Waals surface area contributed by atoms with E-state index in [-0.39, 0.29) is 0 Å². The third kappa shape index (κ3) is 1.22. The van der Waals surface area contributed by atoms with Crippen LogP contribution in [0.4, 0.5) is 0 Å². The van der Waals surface area contributed by atoms with Gasteiger partial charge in [0.15, 0.2) is 5.54 Å². The fraction of sp³-hybridized carbons (Fsp3) is 0.333. The molecule has 0 aliphatic carbocycles. The topological polar surface area (TPSA) is 92.0 Å². The molecule has 0 saturated heterocycles. The molecule has 60 valence electrons. The highest BCUT2D eigenvalue weighted by Gasteiger charge is 2.31. The Labute approximate surface area is 63.2 Å². The van der Waals surface area contributed by atoms with Gasteiger partial charge in [-0.15, -0.1) is 0 Å². The number of nitrogens with two attached hydrogens (primary N) is 1. The molecule has 5 heteroatoms. The molecule has 0 bridgehead atoms. The first-order valence-electron chi connectivity index (χ1n) is 3.07. The highest BCUT2D eigenvalue weighted by molar-refractivity contribution is 5.79. The van der Waals surface area contributed by atoms with Crippen molar-refractivity contribution in [2.45, 2.75) is 12.5 Å². The number of carboxylic acids is 1. The minimum absolute atomic E-state index is 0.394. The van der Waals surface area contributed by atoms with Crippen LogP contribution in [0.15, 0.2) is 12.3 Å². The number of aliphatic carboxylic acids is 1. The summed E-state index contributed by atoms with van der Waals surface area (Å²) in [5.41, 5.74) is 4.47. The Morgan fingerprint density at radius 2 is 2.55 bits per heavy atom. The summed E-state index contributed by atoms with van der Waals surface area (Å²) in [7, 11) is 0. The van der Waals surface area contributed by atoms with Crippen molar-refractivity contribution in [3.05, 3.63) is 18.0 Å². The molecule has 0 aliphatic heterocycles. The molecule has 0 saturated carbocycles. The summed E-state index contributed by atoms with van der Waals surface area (Å²) in [6.45, 7) is 1.41. The minimum Gasteiger partial charge on any atom is -0.480 e. The van der Waals surface area contributed by atoms with Crippen LogP contribution >= 0.6 is 0 Å². The van der Waals surface area contributed by atoms with Crippen LogP contribution in [0, 0.1) is 0 Å². The Hall–Kier alpha value is -1.36. The highest BCUT2D eigenvalue weighted by atomic mass is 16.4. The molecule has 1 atom stereocenters. The third-order valence-corrected chi connectivity index (χ3v) is 1.50. The largest absolute Gasteiger partial charge is 0.480 e. The molecule has 0 unspecified atom stereocenters. The quantitative estimate of drug-likeness (QED) is 0.545. The van der Waals surface area contributed by atoms with E-state index in [0.717, 1.165) is 0 Å². The van der Waals surface area contributed by atoms with Crippen molar-refractivity contribution in [3.8, 4) is 0 Å². The van der Waals surface area contributed by atoms with Gasteiger partial charge in [0.25, 0.3) is 0 Å². The first kappa shape index (κ1) is 7.74. The maximum atomic E-state index is 10.5. The van der Waals surface area contributed by atoms with Crippen molar-refractivity contribution in [1.82, 2.24) is 10.2 Å². The Bertz CT molecular complexity index is 253. The third-order valence-electron chi connectivity index (χ3n) is 1.50. The van der Waals surface area contributed by atoms with Crippen LogP contribution in [0.2, 0.25) is 0 Å². The van der Waals surface area contributed by atoms with E-state index < -0.39 is 11.5 Å². The van der Waals surface area contributed by atoms with Crippen molar-refractivity contribution in [2.75, 3.05) is 0 Å². The summed E-state index contributed by atoms with van der Waals surface area (Å²) in [6.07, 6.45) is 1.46. The van der Waals surface area contributed by atoms with Crippen molar-refractivity contribution < 1.29 is 9.90 Å². The predicted octanol–water partition coefficient (Wildman–Crippen LogP) is -0.332.